The Hall–Kier alpha value is -1.35. The van der Waals surface area contributed by atoms with Crippen molar-refractivity contribution in [1.82, 2.24) is 4.90 Å². The maximum absolute atomic E-state index is 11.6. The first kappa shape index (κ1) is 15.0. The largest absolute Gasteiger partial charge is 0.326 e. The zero-order valence-corrected chi connectivity index (χ0v) is 12.9. The number of amides is 1. The standard InChI is InChI=1S/C17H26N2O/c1-13(2)17(20)18-16-9-7-15(8-10-16)12-19-11-5-4-6-14(19)3/h7-10,13-14H,4-6,11-12H2,1-3H3,(H,18,20). The summed E-state index contributed by atoms with van der Waals surface area (Å²) in [4.78, 5) is 14.2. The average Bonchev–Trinajstić information content (AvgIpc) is 2.43. The summed E-state index contributed by atoms with van der Waals surface area (Å²) in [6.45, 7) is 8.34. The van der Waals surface area contributed by atoms with Gasteiger partial charge in [0.2, 0.25) is 5.91 Å². The van der Waals surface area contributed by atoms with E-state index in [1.54, 1.807) is 0 Å². The highest BCUT2D eigenvalue weighted by atomic mass is 16.1. The summed E-state index contributed by atoms with van der Waals surface area (Å²) in [5.74, 6) is 0.0891. The van der Waals surface area contributed by atoms with Crippen LogP contribution in [-0.2, 0) is 11.3 Å². The monoisotopic (exact) mass is 274 g/mol. The summed E-state index contributed by atoms with van der Waals surface area (Å²) in [5.41, 5.74) is 2.21. The fourth-order valence-electron chi connectivity index (χ4n) is 2.61. The molecule has 110 valence electrons. The van der Waals surface area contributed by atoms with Crippen molar-refractivity contribution in [1.29, 1.82) is 0 Å². The number of hydrogen-bond donors (Lipinski definition) is 1. The van der Waals surface area contributed by atoms with Crippen molar-refractivity contribution in [2.45, 2.75) is 52.6 Å². The lowest BCUT2D eigenvalue weighted by Crippen LogP contribution is -2.36. The normalized spacial score (nSPS) is 20.1. The summed E-state index contributed by atoms with van der Waals surface area (Å²) in [5, 5.41) is 2.93. The second-order valence-corrected chi connectivity index (χ2v) is 6.16. The van der Waals surface area contributed by atoms with E-state index in [1.807, 2.05) is 26.0 Å². The third kappa shape index (κ3) is 4.07. The topological polar surface area (TPSA) is 32.3 Å². The van der Waals surface area contributed by atoms with E-state index in [0.29, 0.717) is 6.04 Å². The second kappa shape index (κ2) is 6.89. The Bertz CT molecular complexity index is 439. The van der Waals surface area contributed by atoms with Gasteiger partial charge >= 0.3 is 0 Å². The molecule has 0 radical (unpaired) electrons. The minimum Gasteiger partial charge on any atom is -0.326 e. The van der Waals surface area contributed by atoms with Gasteiger partial charge in [0, 0.05) is 24.2 Å². The van der Waals surface area contributed by atoms with Gasteiger partial charge in [-0.3, -0.25) is 9.69 Å². The van der Waals surface area contributed by atoms with Gasteiger partial charge in [-0.1, -0.05) is 32.4 Å². The lowest BCUT2D eigenvalue weighted by molar-refractivity contribution is -0.118. The summed E-state index contributed by atoms with van der Waals surface area (Å²) in [6, 6.07) is 8.94. The lowest BCUT2D eigenvalue weighted by Gasteiger charge is -2.33. The fraction of sp³-hybridized carbons (Fsp3) is 0.588. The number of piperidine rings is 1. The molecule has 0 aromatic heterocycles. The number of nitrogens with zero attached hydrogens (tertiary/aromatic N) is 1. The van der Waals surface area contributed by atoms with Crippen molar-refractivity contribution >= 4 is 11.6 Å². The van der Waals surface area contributed by atoms with E-state index in [0.717, 1.165) is 12.2 Å². The summed E-state index contributed by atoms with van der Waals surface area (Å²) < 4.78 is 0. The van der Waals surface area contributed by atoms with Crippen LogP contribution in [0.1, 0.15) is 45.6 Å². The quantitative estimate of drug-likeness (QED) is 0.909. The highest BCUT2D eigenvalue weighted by molar-refractivity contribution is 5.91. The molecular formula is C17H26N2O. The molecule has 1 aromatic rings. The first-order valence-electron chi connectivity index (χ1n) is 7.70. The van der Waals surface area contributed by atoms with Crippen LogP contribution in [0.2, 0.25) is 0 Å². The minimum absolute atomic E-state index is 0.0175. The fourth-order valence-corrected chi connectivity index (χ4v) is 2.61. The SMILES string of the molecule is CC(C)C(=O)Nc1ccc(CN2CCCCC2C)cc1. The Morgan fingerprint density at radius 1 is 1.30 bits per heavy atom. The zero-order valence-electron chi connectivity index (χ0n) is 12.9. The second-order valence-electron chi connectivity index (χ2n) is 6.16. The molecule has 1 aliphatic rings. The molecule has 2 rings (SSSR count). The number of carbonyl (C=O) groups excluding carboxylic acids is 1. The van der Waals surface area contributed by atoms with Gasteiger partial charge in [-0.2, -0.15) is 0 Å². The van der Waals surface area contributed by atoms with E-state index >= 15 is 0 Å². The molecule has 0 saturated carbocycles. The molecule has 1 heterocycles. The Balaban J connectivity index is 1.92. The van der Waals surface area contributed by atoms with E-state index in [-0.39, 0.29) is 11.8 Å². The molecule has 1 N–H and O–H groups in total. The number of rotatable bonds is 4. The maximum atomic E-state index is 11.6. The Morgan fingerprint density at radius 2 is 2.00 bits per heavy atom. The number of anilines is 1. The Morgan fingerprint density at radius 3 is 2.60 bits per heavy atom. The summed E-state index contributed by atoms with van der Waals surface area (Å²) >= 11 is 0. The molecular weight excluding hydrogens is 248 g/mol. The van der Waals surface area contributed by atoms with Crippen molar-refractivity contribution in [3.8, 4) is 0 Å². The molecule has 1 aromatic carbocycles. The predicted octanol–water partition coefficient (Wildman–Crippen LogP) is 3.66. The van der Waals surface area contributed by atoms with Crippen molar-refractivity contribution < 1.29 is 4.79 Å². The highest BCUT2D eigenvalue weighted by Gasteiger charge is 2.18. The first-order valence-corrected chi connectivity index (χ1v) is 7.70. The predicted molar refractivity (Wildman–Crippen MR) is 83.6 cm³/mol. The molecule has 1 unspecified atom stereocenters. The van der Waals surface area contributed by atoms with Gasteiger partial charge in [0.05, 0.1) is 0 Å². The molecule has 3 heteroatoms. The van der Waals surface area contributed by atoms with Crippen LogP contribution in [0.4, 0.5) is 5.69 Å². The molecule has 20 heavy (non-hydrogen) atoms. The number of likely N-dealkylation sites (tertiary alicyclic amines) is 1. The van der Waals surface area contributed by atoms with Gasteiger partial charge in [-0.15, -0.1) is 0 Å². The zero-order chi connectivity index (χ0) is 14.5. The number of hydrogen-bond acceptors (Lipinski definition) is 2. The number of benzene rings is 1. The molecule has 0 aliphatic carbocycles. The molecule has 1 atom stereocenters. The van der Waals surface area contributed by atoms with Gasteiger partial charge in [0.15, 0.2) is 0 Å². The molecule has 0 spiro atoms. The van der Waals surface area contributed by atoms with E-state index in [4.69, 9.17) is 0 Å². The first-order chi connectivity index (χ1) is 9.56. The molecule has 1 aliphatic heterocycles. The van der Waals surface area contributed by atoms with Gasteiger partial charge in [0.25, 0.3) is 0 Å². The van der Waals surface area contributed by atoms with Gasteiger partial charge in [-0.05, 0) is 44.0 Å². The Kier molecular flexibility index (Phi) is 5.18. The molecule has 1 saturated heterocycles. The smallest absolute Gasteiger partial charge is 0.226 e. The summed E-state index contributed by atoms with van der Waals surface area (Å²) in [6.07, 6.45) is 3.98. The van der Waals surface area contributed by atoms with Crippen molar-refractivity contribution in [2.75, 3.05) is 11.9 Å². The van der Waals surface area contributed by atoms with Crippen LogP contribution in [0.5, 0.6) is 0 Å². The van der Waals surface area contributed by atoms with E-state index in [9.17, 15) is 4.79 Å². The van der Waals surface area contributed by atoms with Crippen molar-refractivity contribution in [2.24, 2.45) is 5.92 Å². The maximum Gasteiger partial charge on any atom is 0.226 e. The van der Waals surface area contributed by atoms with Gasteiger partial charge in [0.1, 0.15) is 0 Å². The van der Waals surface area contributed by atoms with Crippen LogP contribution in [0.3, 0.4) is 0 Å². The van der Waals surface area contributed by atoms with E-state index < -0.39 is 0 Å². The molecule has 1 fully saturated rings. The van der Waals surface area contributed by atoms with Crippen LogP contribution >= 0.6 is 0 Å². The van der Waals surface area contributed by atoms with Crippen LogP contribution in [0.15, 0.2) is 24.3 Å². The lowest BCUT2D eigenvalue weighted by atomic mass is 10.0. The summed E-state index contributed by atoms with van der Waals surface area (Å²) in [7, 11) is 0. The minimum atomic E-state index is 0.0175. The van der Waals surface area contributed by atoms with Crippen LogP contribution in [-0.4, -0.2) is 23.4 Å². The molecule has 1 amide bonds. The number of carbonyl (C=O) groups is 1. The van der Waals surface area contributed by atoms with E-state index in [1.165, 1.54) is 31.4 Å². The van der Waals surface area contributed by atoms with Crippen molar-refractivity contribution in [3.05, 3.63) is 29.8 Å². The number of nitrogens with one attached hydrogen (secondary N) is 1. The van der Waals surface area contributed by atoms with Crippen LogP contribution < -0.4 is 5.32 Å². The molecule has 3 nitrogen and oxygen atoms in total. The van der Waals surface area contributed by atoms with Crippen molar-refractivity contribution in [3.63, 3.8) is 0 Å². The molecule has 0 bridgehead atoms. The van der Waals surface area contributed by atoms with Crippen LogP contribution in [0, 0.1) is 5.92 Å². The highest BCUT2D eigenvalue weighted by Crippen LogP contribution is 2.20. The Labute approximate surface area is 122 Å². The third-order valence-electron chi connectivity index (χ3n) is 4.07. The van der Waals surface area contributed by atoms with E-state index in [2.05, 4.69) is 29.3 Å². The van der Waals surface area contributed by atoms with Crippen LogP contribution in [0.25, 0.3) is 0 Å². The van der Waals surface area contributed by atoms with Gasteiger partial charge < -0.3 is 5.32 Å². The third-order valence-corrected chi connectivity index (χ3v) is 4.07. The average molecular weight is 274 g/mol. The van der Waals surface area contributed by atoms with Gasteiger partial charge in [-0.25, -0.2) is 0 Å².